The summed E-state index contributed by atoms with van der Waals surface area (Å²) in [5.74, 6) is 0.461. The number of ether oxygens (including phenoxy) is 1. The summed E-state index contributed by atoms with van der Waals surface area (Å²) in [7, 11) is 2.96. The third-order valence-corrected chi connectivity index (χ3v) is 2.76. The second-order valence-corrected chi connectivity index (χ2v) is 4.12. The minimum atomic E-state index is -0.253. The number of nitrogens with zero attached hydrogens (tertiary/aromatic N) is 3. The Morgan fingerprint density at radius 3 is 2.45 bits per heavy atom. The number of halogens is 1. The summed E-state index contributed by atoms with van der Waals surface area (Å²) in [6, 6.07) is 6.53. The maximum atomic E-state index is 11.8. The van der Waals surface area contributed by atoms with Crippen LogP contribution < -0.4 is 4.74 Å². The third kappa shape index (κ3) is 3.23. The summed E-state index contributed by atoms with van der Waals surface area (Å²) in [6.07, 6.45) is 2.95. The van der Waals surface area contributed by atoms with E-state index in [9.17, 15) is 4.79 Å². The zero-order valence-electron chi connectivity index (χ0n) is 10.9. The first-order valence-electron chi connectivity index (χ1n) is 5.68. The normalized spacial score (nSPS) is 10.2. The van der Waals surface area contributed by atoms with Crippen molar-refractivity contribution in [2.24, 2.45) is 0 Å². The molecule has 1 aromatic heterocycles. The Balaban J connectivity index is 2.13. The molecule has 2 aromatic rings. The van der Waals surface area contributed by atoms with Gasteiger partial charge in [0.15, 0.2) is 5.15 Å². The summed E-state index contributed by atoms with van der Waals surface area (Å²) >= 11 is 5.84. The highest BCUT2D eigenvalue weighted by molar-refractivity contribution is 6.30. The van der Waals surface area contributed by atoms with Gasteiger partial charge in [-0.3, -0.25) is 9.63 Å². The maximum absolute atomic E-state index is 11.8. The third-order valence-electron chi connectivity index (χ3n) is 2.50. The van der Waals surface area contributed by atoms with E-state index in [-0.39, 0.29) is 16.9 Å². The Bertz CT molecular complexity index is 604. The molecule has 0 aliphatic carbocycles. The van der Waals surface area contributed by atoms with Gasteiger partial charge in [-0.2, -0.15) is 0 Å². The van der Waals surface area contributed by atoms with Crippen LogP contribution in [0.25, 0.3) is 0 Å². The van der Waals surface area contributed by atoms with E-state index in [1.165, 1.54) is 26.6 Å². The first kappa shape index (κ1) is 14.2. The molecule has 1 amide bonds. The molecular formula is C13H12ClN3O3. The van der Waals surface area contributed by atoms with Gasteiger partial charge in [0.1, 0.15) is 5.75 Å². The van der Waals surface area contributed by atoms with Gasteiger partial charge in [-0.25, -0.2) is 15.0 Å². The summed E-state index contributed by atoms with van der Waals surface area (Å²) in [4.78, 5) is 24.5. The second-order valence-electron chi connectivity index (χ2n) is 3.76. The minimum absolute atomic E-state index is 0.173. The standard InChI is InChI=1S/C13H12ClN3O3/c1-17(19-2)13(18)9-3-5-10(6-4-9)20-12-11(14)15-7-8-16-12/h3-8H,1-2H3. The SMILES string of the molecule is CON(C)C(=O)c1ccc(Oc2nccnc2Cl)cc1. The van der Waals surface area contributed by atoms with E-state index >= 15 is 0 Å². The smallest absolute Gasteiger partial charge is 0.277 e. The Hall–Kier alpha value is -2.18. The van der Waals surface area contributed by atoms with Crippen molar-refractivity contribution < 1.29 is 14.4 Å². The van der Waals surface area contributed by atoms with Crippen molar-refractivity contribution >= 4 is 17.5 Å². The lowest BCUT2D eigenvalue weighted by Crippen LogP contribution is -2.25. The molecule has 0 radical (unpaired) electrons. The molecule has 0 atom stereocenters. The van der Waals surface area contributed by atoms with Gasteiger partial charge in [0, 0.05) is 25.0 Å². The van der Waals surface area contributed by atoms with E-state index in [4.69, 9.17) is 21.2 Å². The molecule has 20 heavy (non-hydrogen) atoms. The van der Waals surface area contributed by atoms with Gasteiger partial charge in [-0.1, -0.05) is 11.6 Å². The second kappa shape index (κ2) is 6.31. The minimum Gasteiger partial charge on any atom is -0.436 e. The quantitative estimate of drug-likeness (QED) is 0.811. The molecular weight excluding hydrogens is 282 g/mol. The molecule has 1 heterocycles. The Labute approximate surface area is 120 Å². The van der Waals surface area contributed by atoms with Gasteiger partial charge >= 0.3 is 0 Å². The molecule has 0 bridgehead atoms. The summed E-state index contributed by atoms with van der Waals surface area (Å²) in [5.41, 5.74) is 0.479. The van der Waals surface area contributed by atoms with E-state index in [1.807, 2.05) is 0 Å². The van der Waals surface area contributed by atoms with Gasteiger partial charge < -0.3 is 4.74 Å². The molecule has 0 aliphatic rings. The van der Waals surface area contributed by atoms with Crippen LogP contribution in [0.4, 0.5) is 0 Å². The number of hydrogen-bond acceptors (Lipinski definition) is 5. The molecule has 104 valence electrons. The van der Waals surface area contributed by atoms with Crippen LogP contribution in [0.2, 0.25) is 5.15 Å². The van der Waals surface area contributed by atoms with E-state index in [0.717, 1.165) is 5.06 Å². The highest BCUT2D eigenvalue weighted by atomic mass is 35.5. The van der Waals surface area contributed by atoms with Crippen LogP contribution in [0.5, 0.6) is 11.6 Å². The monoisotopic (exact) mass is 293 g/mol. The molecule has 0 aliphatic heterocycles. The Kier molecular flexibility index (Phi) is 4.49. The van der Waals surface area contributed by atoms with Crippen molar-refractivity contribution in [3.63, 3.8) is 0 Å². The number of hydroxylamine groups is 2. The number of hydrogen-bond donors (Lipinski definition) is 0. The van der Waals surface area contributed by atoms with Crippen molar-refractivity contribution in [2.45, 2.75) is 0 Å². The van der Waals surface area contributed by atoms with Crippen LogP contribution in [0, 0.1) is 0 Å². The average Bonchev–Trinajstić information content (AvgIpc) is 2.49. The number of rotatable bonds is 4. The largest absolute Gasteiger partial charge is 0.436 e. The Morgan fingerprint density at radius 2 is 1.85 bits per heavy atom. The maximum Gasteiger partial charge on any atom is 0.277 e. The fourth-order valence-corrected chi connectivity index (χ4v) is 1.56. The predicted molar refractivity (Wildman–Crippen MR) is 72.7 cm³/mol. The van der Waals surface area contributed by atoms with Crippen LogP contribution in [-0.4, -0.2) is 35.1 Å². The first-order chi connectivity index (χ1) is 9.61. The number of carbonyl (C=O) groups is 1. The number of amides is 1. The predicted octanol–water partition coefficient (Wildman–Crippen LogP) is 2.56. The molecule has 0 N–H and O–H groups in total. The molecule has 0 unspecified atom stereocenters. The van der Waals surface area contributed by atoms with Crippen LogP contribution >= 0.6 is 11.6 Å². The van der Waals surface area contributed by atoms with Crippen molar-refractivity contribution in [1.29, 1.82) is 0 Å². The zero-order valence-corrected chi connectivity index (χ0v) is 11.7. The highest BCUT2D eigenvalue weighted by Crippen LogP contribution is 2.24. The zero-order chi connectivity index (χ0) is 14.5. The molecule has 0 saturated carbocycles. The lowest BCUT2D eigenvalue weighted by molar-refractivity contribution is -0.0757. The molecule has 1 aromatic carbocycles. The van der Waals surface area contributed by atoms with Crippen molar-refractivity contribution in [3.8, 4) is 11.6 Å². The van der Waals surface area contributed by atoms with Crippen LogP contribution in [0.1, 0.15) is 10.4 Å². The molecule has 0 spiro atoms. The van der Waals surface area contributed by atoms with Crippen molar-refractivity contribution in [2.75, 3.05) is 14.2 Å². The van der Waals surface area contributed by atoms with Gasteiger partial charge in [0.2, 0.25) is 0 Å². The fourth-order valence-electron chi connectivity index (χ4n) is 1.42. The highest BCUT2D eigenvalue weighted by Gasteiger charge is 2.11. The van der Waals surface area contributed by atoms with Crippen molar-refractivity contribution in [1.82, 2.24) is 15.0 Å². The molecule has 7 heteroatoms. The lowest BCUT2D eigenvalue weighted by atomic mass is 10.2. The van der Waals surface area contributed by atoms with E-state index in [1.54, 1.807) is 24.3 Å². The number of aromatic nitrogens is 2. The van der Waals surface area contributed by atoms with Crippen molar-refractivity contribution in [3.05, 3.63) is 47.4 Å². The summed E-state index contributed by atoms with van der Waals surface area (Å²) in [6.45, 7) is 0. The number of carbonyl (C=O) groups excluding carboxylic acids is 1. The van der Waals surface area contributed by atoms with Crippen LogP contribution in [-0.2, 0) is 4.84 Å². The molecule has 0 saturated heterocycles. The summed E-state index contributed by atoms with van der Waals surface area (Å²) in [5, 5.41) is 1.31. The Morgan fingerprint density at radius 1 is 1.20 bits per heavy atom. The van der Waals surface area contributed by atoms with E-state index in [0.29, 0.717) is 11.3 Å². The van der Waals surface area contributed by atoms with Gasteiger partial charge in [0.05, 0.1) is 7.11 Å². The first-order valence-corrected chi connectivity index (χ1v) is 6.06. The van der Waals surface area contributed by atoms with Crippen LogP contribution in [0.15, 0.2) is 36.7 Å². The van der Waals surface area contributed by atoms with Gasteiger partial charge in [0.25, 0.3) is 11.8 Å². The molecule has 6 nitrogen and oxygen atoms in total. The van der Waals surface area contributed by atoms with E-state index < -0.39 is 0 Å². The van der Waals surface area contributed by atoms with Crippen LogP contribution in [0.3, 0.4) is 0 Å². The molecule has 2 rings (SSSR count). The van der Waals surface area contributed by atoms with Gasteiger partial charge in [-0.15, -0.1) is 0 Å². The topological polar surface area (TPSA) is 64.5 Å². The average molecular weight is 294 g/mol. The number of benzene rings is 1. The fraction of sp³-hybridized carbons (Fsp3) is 0.154. The van der Waals surface area contributed by atoms with E-state index in [2.05, 4.69) is 9.97 Å². The lowest BCUT2D eigenvalue weighted by Gasteiger charge is -2.13. The summed E-state index contributed by atoms with van der Waals surface area (Å²) < 4.78 is 5.47. The van der Waals surface area contributed by atoms with Gasteiger partial charge in [-0.05, 0) is 24.3 Å². The molecule has 0 fully saturated rings.